The lowest BCUT2D eigenvalue weighted by Gasteiger charge is -2.50. The maximum Gasteiger partial charge on any atom is 0.511 e. The molecule has 0 unspecified atom stereocenters. The van der Waals surface area contributed by atoms with Gasteiger partial charge in [0, 0.05) is 0 Å². The van der Waals surface area contributed by atoms with Gasteiger partial charge in [-0.1, -0.05) is 77.8 Å². The summed E-state index contributed by atoms with van der Waals surface area (Å²) in [6.45, 7) is 7.17. The van der Waals surface area contributed by atoms with Crippen molar-refractivity contribution >= 4 is 46.9 Å². The highest BCUT2D eigenvalue weighted by Crippen LogP contribution is 2.37. The molecule has 12 heteroatoms. The van der Waals surface area contributed by atoms with E-state index >= 15 is 0 Å². The Hall–Kier alpha value is -1.59. The Labute approximate surface area is 212 Å². The molecule has 0 radical (unpaired) electrons. The van der Waals surface area contributed by atoms with Crippen LogP contribution in [0.4, 0.5) is 4.79 Å². The van der Waals surface area contributed by atoms with Crippen LogP contribution in [0, 0.1) is 5.41 Å². The van der Waals surface area contributed by atoms with Gasteiger partial charge in [-0.3, -0.25) is 5.41 Å². The Morgan fingerprint density at radius 3 is 2.59 bits per heavy atom. The number of benzene rings is 1. The Morgan fingerprint density at radius 2 is 1.94 bits per heavy atom. The Morgan fingerprint density at radius 1 is 1.24 bits per heavy atom. The fraction of sp³-hybridized carbons (Fsp3) is 0.545. The zero-order valence-electron chi connectivity index (χ0n) is 18.6. The van der Waals surface area contributed by atoms with Crippen molar-refractivity contribution in [2.24, 2.45) is 0 Å². The lowest BCUT2D eigenvalue weighted by atomic mass is 9.96. The molecule has 188 valence electrons. The third kappa shape index (κ3) is 7.21. The molecule has 2 aliphatic rings. The molecule has 34 heavy (non-hydrogen) atoms. The van der Waals surface area contributed by atoms with Crippen molar-refractivity contribution in [2.45, 2.75) is 60.7 Å². The summed E-state index contributed by atoms with van der Waals surface area (Å²) in [5, 5.41) is 8.08. The highest BCUT2D eigenvalue weighted by atomic mass is 35.6. The van der Waals surface area contributed by atoms with Crippen molar-refractivity contribution in [2.75, 3.05) is 13.2 Å². The fourth-order valence-corrected chi connectivity index (χ4v) is 3.57. The number of carbonyl (C=O) groups excluding carboxylic acids is 1. The van der Waals surface area contributed by atoms with Gasteiger partial charge >= 0.3 is 6.16 Å². The van der Waals surface area contributed by atoms with Crippen LogP contribution in [0.1, 0.15) is 19.4 Å². The average Bonchev–Trinajstić information content (AvgIpc) is 2.77. The van der Waals surface area contributed by atoms with Crippen LogP contribution in [0.25, 0.3) is 0 Å². The van der Waals surface area contributed by atoms with E-state index in [-0.39, 0.29) is 19.8 Å². The third-order valence-corrected chi connectivity index (χ3v) is 5.45. The normalized spacial score (nSPS) is 28.3. The number of fused-ring (bicyclic) bond motifs is 1. The SMILES string of the molecule is C=CCOC(=O)O[C@@H]1O[C@@H]2COC(C)(C)O[C@H]2[C@H](OCc2ccccc2)[C@H]1OC(=N)C(Cl)(Cl)Cl. The van der Waals surface area contributed by atoms with Crippen LogP contribution in [-0.2, 0) is 39.8 Å². The Kier molecular flexibility index (Phi) is 9.08. The number of nitrogens with one attached hydrogen (secondary N) is 1. The minimum atomic E-state index is -2.18. The van der Waals surface area contributed by atoms with Gasteiger partial charge in [0.15, 0.2) is 11.9 Å². The zero-order chi connectivity index (χ0) is 24.9. The summed E-state index contributed by atoms with van der Waals surface area (Å²) in [5.41, 5.74) is 0.870. The van der Waals surface area contributed by atoms with E-state index in [4.69, 9.17) is 73.4 Å². The Bertz CT molecular complexity index is 863. The fourth-order valence-electron chi connectivity index (χ4n) is 3.43. The van der Waals surface area contributed by atoms with Crippen molar-refractivity contribution < 1.29 is 38.0 Å². The molecule has 1 aromatic rings. The largest absolute Gasteiger partial charge is 0.511 e. The van der Waals surface area contributed by atoms with Crippen LogP contribution in [0.15, 0.2) is 43.0 Å². The second kappa shape index (κ2) is 11.4. The Balaban J connectivity index is 1.91. The van der Waals surface area contributed by atoms with Crippen molar-refractivity contribution in [3.8, 4) is 0 Å². The molecular formula is C22H26Cl3NO8. The summed E-state index contributed by atoms with van der Waals surface area (Å²) in [5.74, 6) is -1.67. The third-order valence-electron chi connectivity index (χ3n) is 4.93. The molecule has 2 saturated heterocycles. The number of ether oxygens (including phenoxy) is 7. The average molecular weight is 539 g/mol. The summed E-state index contributed by atoms with van der Waals surface area (Å²) in [4.78, 5) is 12.2. The molecule has 1 N–H and O–H groups in total. The summed E-state index contributed by atoms with van der Waals surface area (Å²) < 4.78 is 37.6. The maximum atomic E-state index is 12.2. The van der Waals surface area contributed by atoms with E-state index in [1.807, 2.05) is 30.3 Å². The monoisotopic (exact) mass is 537 g/mol. The second-order valence-electron chi connectivity index (χ2n) is 7.97. The van der Waals surface area contributed by atoms with Crippen molar-refractivity contribution in [3.05, 3.63) is 48.6 Å². The molecule has 5 atom stereocenters. The lowest BCUT2D eigenvalue weighted by Crippen LogP contribution is -2.66. The van der Waals surface area contributed by atoms with Gasteiger partial charge in [-0.05, 0) is 19.4 Å². The zero-order valence-corrected chi connectivity index (χ0v) is 20.8. The molecule has 0 amide bonds. The van der Waals surface area contributed by atoms with Crippen LogP contribution in [0.5, 0.6) is 0 Å². The first kappa shape index (κ1) is 27.0. The van der Waals surface area contributed by atoms with E-state index in [0.717, 1.165) is 5.56 Å². The van der Waals surface area contributed by atoms with E-state index in [2.05, 4.69) is 6.58 Å². The molecule has 0 aromatic heterocycles. The number of alkyl halides is 3. The standard InChI is InChI=1S/C22H26Cl3NO8/c1-4-10-28-20(27)33-18-17(32-19(26)22(23,24)25)16(29-11-13-8-6-5-7-9-13)15-14(31-18)12-30-21(2,3)34-15/h4-9,14-18,26H,1,10-12H2,2-3H3/t14-,15-,16+,17-,18+/m1/s1. The van der Waals surface area contributed by atoms with Crippen LogP contribution >= 0.6 is 34.8 Å². The molecule has 2 fully saturated rings. The molecule has 0 spiro atoms. The van der Waals surface area contributed by atoms with Crippen LogP contribution in [0.3, 0.4) is 0 Å². The molecule has 9 nitrogen and oxygen atoms in total. The first-order chi connectivity index (χ1) is 16.0. The summed E-state index contributed by atoms with van der Waals surface area (Å²) in [6.07, 6.45) is -4.61. The minimum Gasteiger partial charge on any atom is -0.465 e. The first-order valence-electron chi connectivity index (χ1n) is 10.4. The summed E-state index contributed by atoms with van der Waals surface area (Å²) >= 11 is 17.5. The highest BCUT2D eigenvalue weighted by Gasteiger charge is 2.55. The van der Waals surface area contributed by atoms with Gasteiger partial charge in [-0.25, -0.2) is 4.79 Å². The van der Waals surface area contributed by atoms with Crippen molar-refractivity contribution in [1.82, 2.24) is 0 Å². The van der Waals surface area contributed by atoms with Gasteiger partial charge in [-0.15, -0.1) is 0 Å². The second-order valence-corrected chi connectivity index (χ2v) is 10.3. The van der Waals surface area contributed by atoms with Gasteiger partial charge in [0.1, 0.15) is 24.9 Å². The van der Waals surface area contributed by atoms with Crippen molar-refractivity contribution in [1.29, 1.82) is 5.41 Å². The number of rotatable bonds is 7. The van der Waals surface area contributed by atoms with Gasteiger partial charge in [0.25, 0.3) is 3.79 Å². The predicted octanol–water partition coefficient (Wildman–Crippen LogP) is 4.52. The van der Waals surface area contributed by atoms with E-state index in [1.165, 1.54) is 6.08 Å². The number of halogens is 3. The topological polar surface area (TPSA) is 106 Å². The quantitative estimate of drug-likeness (QED) is 0.178. The summed E-state index contributed by atoms with van der Waals surface area (Å²) in [7, 11) is 0. The first-order valence-corrected chi connectivity index (χ1v) is 11.5. The smallest absolute Gasteiger partial charge is 0.465 e. The molecular weight excluding hydrogens is 513 g/mol. The number of hydrogen-bond acceptors (Lipinski definition) is 9. The minimum absolute atomic E-state index is 0.0819. The predicted molar refractivity (Wildman–Crippen MR) is 124 cm³/mol. The van der Waals surface area contributed by atoms with E-state index < -0.39 is 52.3 Å². The molecule has 1 aromatic carbocycles. The van der Waals surface area contributed by atoms with Crippen molar-refractivity contribution in [3.63, 3.8) is 0 Å². The molecule has 3 rings (SSSR count). The number of carbonyl (C=O) groups is 1. The van der Waals surface area contributed by atoms with E-state index in [0.29, 0.717) is 0 Å². The lowest BCUT2D eigenvalue weighted by molar-refractivity contribution is -0.380. The molecule has 0 saturated carbocycles. The van der Waals surface area contributed by atoms with Crippen LogP contribution in [0.2, 0.25) is 0 Å². The maximum absolute atomic E-state index is 12.2. The summed E-state index contributed by atoms with van der Waals surface area (Å²) in [6, 6.07) is 9.38. The van der Waals surface area contributed by atoms with Gasteiger partial charge < -0.3 is 33.2 Å². The van der Waals surface area contributed by atoms with Crippen LogP contribution in [-0.4, -0.2) is 65.6 Å². The van der Waals surface area contributed by atoms with Crippen LogP contribution < -0.4 is 0 Å². The van der Waals surface area contributed by atoms with E-state index in [9.17, 15) is 4.79 Å². The molecule has 2 heterocycles. The number of hydrogen-bond donors (Lipinski definition) is 1. The van der Waals surface area contributed by atoms with Gasteiger partial charge in [0.05, 0.1) is 13.2 Å². The molecule has 0 aliphatic carbocycles. The molecule has 0 bridgehead atoms. The highest BCUT2D eigenvalue weighted by molar-refractivity contribution is 6.76. The van der Waals surface area contributed by atoms with E-state index in [1.54, 1.807) is 13.8 Å². The molecule has 2 aliphatic heterocycles. The van der Waals surface area contributed by atoms with Gasteiger partial charge in [-0.2, -0.15) is 0 Å². The van der Waals surface area contributed by atoms with Gasteiger partial charge in [0.2, 0.25) is 12.2 Å².